The number of carbonyl (C=O) groups is 4. The molecule has 1 saturated heterocycles. The SMILES string of the molecule is CC(=O)OC1OCC(C)C(OC(C)=O)C(OC(C)=O)C1OC(C)=O. The fourth-order valence-corrected chi connectivity index (χ4v) is 2.38. The molecule has 0 aromatic heterocycles. The lowest BCUT2D eigenvalue weighted by atomic mass is 9.97. The minimum atomic E-state index is -1.29. The Labute approximate surface area is 139 Å². The molecule has 0 aromatic rings. The molecule has 0 bridgehead atoms. The standard InChI is InChI=1S/C15H22O9/c1-7-6-20-15(24-11(5)19)14(23-10(4)18)13(22-9(3)17)12(7)21-8(2)16/h7,12-15H,6H2,1-5H3. The highest BCUT2D eigenvalue weighted by atomic mass is 16.7. The predicted octanol–water partition coefficient (Wildman–Crippen LogP) is 0.337. The number of carbonyl (C=O) groups excluding carboxylic acids is 4. The summed E-state index contributed by atoms with van der Waals surface area (Å²) in [5.74, 6) is -3.05. The molecule has 9 nitrogen and oxygen atoms in total. The molecule has 0 amide bonds. The first kappa shape index (κ1) is 19.9. The smallest absolute Gasteiger partial charge is 0.305 e. The van der Waals surface area contributed by atoms with Crippen molar-refractivity contribution >= 4 is 23.9 Å². The van der Waals surface area contributed by atoms with E-state index in [0.29, 0.717) is 0 Å². The average molecular weight is 346 g/mol. The summed E-state index contributed by atoms with van der Waals surface area (Å²) in [6.45, 7) is 6.40. The molecule has 1 aliphatic heterocycles. The number of hydrogen-bond acceptors (Lipinski definition) is 9. The van der Waals surface area contributed by atoms with Crippen LogP contribution in [0.15, 0.2) is 0 Å². The van der Waals surface area contributed by atoms with Gasteiger partial charge in [0.25, 0.3) is 0 Å². The van der Waals surface area contributed by atoms with E-state index in [1.54, 1.807) is 6.92 Å². The second kappa shape index (κ2) is 8.62. The quantitative estimate of drug-likeness (QED) is 0.525. The molecule has 1 heterocycles. The summed E-state index contributed by atoms with van der Waals surface area (Å²) in [4.78, 5) is 45.6. The van der Waals surface area contributed by atoms with Gasteiger partial charge in [0.2, 0.25) is 12.4 Å². The average Bonchev–Trinajstić information content (AvgIpc) is 2.52. The molecular weight excluding hydrogens is 324 g/mol. The normalized spacial score (nSPS) is 29.8. The van der Waals surface area contributed by atoms with Gasteiger partial charge in [-0.25, -0.2) is 0 Å². The van der Waals surface area contributed by atoms with Crippen molar-refractivity contribution < 1.29 is 42.9 Å². The molecule has 0 aliphatic carbocycles. The molecule has 1 aliphatic rings. The topological polar surface area (TPSA) is 114 Å². The van der Waals surface area contributed by atoms with E-state index in [-0.39, 0.29) is 6.61 Å². The summed E-state index contributed by atoms with van der Waals surface area (Å²) in [5.41, 5.74) is 0. The highest BCUT2D eigenvalue weighted by molar-refractivity contribution is 5.69. The summed E-state index contributed by atoms with van der Waals surface area (Å²) in [5, 5.41) is 0. The molecule has 5 atom stereocenters. The molecule has 0 aromatic carbocycles. The zero-order valence-electron chi connectivity index (χ0n) is 14.3. The van der Waals surface area contributed by atoms with Crippen LogP contribution in [0.25, 0.3) is 0 Å². The first-order valence-electron chi connectivity index (χ1n) is 7.42. The Morgan fingerprint density at radius 1 is 0.708 bits per heavy atom. The first-order chi connectivity index (χ1) is 11.1. The van der Waals surface area contributed by atoms with Gasteiger partial charge in [-0.3, -0.25) is 19.2 Å². The monoisotopic (exact) mass is 346 g/mol. The lowest BCUT2D eigenvalue weighted by Gasteiger charge is -2.33. The molecule has 0 radical (unpaired) electrons. The molecule has 24 heavy (non-hydrogen) atoms. The first-order valence-corrected chi connectivity index (χ1v) is 7.42. The summed E-state index contributed by atoms with van der Waals surface area (Å²) >= 11 is 0. The minimum Gasteiger partial charge on any atom is -0.458 e. The summed E-state index contributed by atoms with van der Waals surface area (Å²) < 4.78 is 26.1. The molecule has 0 saturated carbocycles. The van der Waals surface area contributed by atoms with Crippen molar-refractivity contribution in [3.05, 3.63) is 0 Å². The Balaban J connectivity index is 3.25. The highest BCUT2D eigenvalue weighted by Crippen LogP contribution is 2.28. The van der Waals surface area contributed by atoms with Crippen LogP contribution < -0.4 is 0 Å². The molecule has 5 unspecified atom stereocenters. The van der Waals surface area contributed by atoms with Gasteiger partial charge in [-0.05, 0) is 0 Å². The molecule has 0 N–H and O–H groups in total. The Bertz CT molecular complexity index is 501. The summed E-state index contributed by atoms with van der Waals surface area (Å²) in [7, 11) is 0. The van der Waals surface area contributed by atoms with Crippen molar-refractivity contribution in [2.45, 2.75) is 59.2 Å². The summed E-state index contributed by atoms with van der Waals surface area (Å²) in [6.07, 6.45) is -4.68. The van der Waals surface area contributed by atoms with Crippen LogP contribution in [0.5, 0.6) is 0 Å². The number of esters is 4. The van der Waals surface area contributed by atoms with E-state index >= 15 is 0 Å². The Morgan fingerprint density at radius 3 is 1.58 bits per heavy atom. The van der Waals surface area contributed by atoms with Crippen molar-refractivity contribution in [3.8, 4) is 0 Å². The van der Waals surface area contributed by atoms with Gasteiger partial charge < -0.3 is 23.7 Å². The Kier molecular flexibility index (Phi) is 7.15. The van der Waals surface area contributed by atoms with E-state index < -0.39 is 54.4 Å². The van der Waals surface area contributed by atoms with Gasteiger partial charge in [0.05, 0.1) is 6.61 Å². The van der Waals surface area contributed by atoms with Crippen LogP contribution in [0, 0.1) is 5.92 Å². The van der Waals surface area contributed by atoms with Gasteiger partial charge in [-0.15, -0.1) is 0 Å². The maximum atomic E-state index is 11.5. The molecule has 136 valence electrons. The fourth-order valence-electron chi connectivity index (χ4n) is 2.38. The summed E-state index contributed by atoms with van der Waals surface area (Å²) in [6, 6.07) is 0. The van der Waals surface area contributed by atoms with E-state index in [4.69, 9.17) is 23.7 Å². The Morgan fingerprint density at radius 2 is 1.12 bits per heavy atom. The number of rotatable bonds is 4. The third kappa shape index (κ3) is 5.80. The van der Waals surface area contributed by atoms with Crippen LogP contribution in [0.1, 0.15) is 34.6 Å². The highest BCUT2D eigenvalue weighted by Gasteiger charge is 2.48. The van der Waals surface area contributed by atoms with Crippen LogP contribution >= 0.6 is 0 Å². The largest absolute Gasteiger partial charge is 0.458 e. The van der Waals surface area contributed by atoms with Crippen molar-refractivity contribution in [2.75, 3.05) is 6.61 Å². The maximum absolute atomic E-state index is 11.5. The fraction of sp³-hybridized carbons (Fsp3) is 0.733. The number of hydrogen-bond donors (Lipinski definition) is 0. The molecule has 1 fully saturated rings. The van der Waals surface area contributed by atoms with Gasteiger partial charge in [-0.1, -0.05) is 6.92 Å². The Hall–Kier alpha value is -2.16. The molecular formula is C15H22O9. The zero-order valence-corrected chi connectivity index (χ0v) is 14.3. The minimum absolute atomic E-state index is 0.0332. The van der Waals surface area contributed by atoms with Gasteiger partial charge in [0.1, 0.15) is 6.10 Å². The molecule has 0 spiro atoms. The van der Waals surface area contributed by atoms with E-state index in [2.05, 4.69) is 0 Å². The lowest BCUT2D eigenvalue weighted by Crippen LogP contribution is -2.51. The second-order valence-electron chi connectivity index (χ2n) is 5.51. The van der Waals surface area contributed by atoms with Crippen molar-refractivity contribution in [1.82, 2.24) is 0 Å². The molecule has 9 heteroatoms. The van der Waals surface area contributed by atoms with Crippen molar-refractivity contribution in [2.24, 2.45) is 5.92 Å². The van der Waals surface area contributed by atoms with Gasteiger partial charge in [-0.2, -0.15) is 0 Å². The molecule has 1 rings (SSSR count). The van der Waals surface area contributed by atoms with Gasteiger partial charge >= 0.3 is 23.9 Å². The number of ether oxygens (including phenoxy) is 5. The maximum Gasteiger partial charge on any atom is 0.305 e. The lowest BCUT2D eigenvalue weighted by molar-refractivity contribution is -0.226. The van der Waals surface area contributed by atoms with Crippen LogP contribution in [0.4, 0.5) is 0 Å². The van der Waals surface area contributed by atoms with E-state index in [9.17, 15) is 19.2 Å². The van der Waals surface area contributed by atoms with Crippen LogP contribution in [-0.2, 0) is 42.9 Å². The van der Waals surface area contributed by atoms with Crippen LogP contribution in [0.2, 0.25) is 0 Å². The zero-order chi connectivity index (χ0) is 18.4. The third-order valence-electron chi connectivity index (χ3n) is 3.19. The van der Waals surface area contributed by atoms with E-state index in [1.807, 2.05) is 0 Å². The van der Waals surface area contributed by atoms with Crippen LogP contribution in [-0.4, -0.2) is 55.1 Å². The van der Waals surface area contributed by atoms with Gasteiger partial charge in [0, 0.05) is 33.6 Å². The predicted molar refractivity (Wildman–Crippen MR) is 77.3 cm³/mol. The van der Waals surface area contributed by atoms with E-state index in [1.165, 1.54) is 6.92 Å². The van der Waals surface area contributed by atoms with Gasteiger partial charge in [0.15, 0.2) is 6.10 Å². The second-order valence-corrected chi connectivity index (χ2v) is 5.51. The third-order valence-corrected chi connectivity index (χ3v) is 3.19. The van der Waals surface area contributed by atoms with Crippen molar-refractivity contribution in [1.29, 1.82) is 0 Å². The van der Waals surface area contributed by atoms with E-state index in [0.717, 1.165) is 20.8 Å². The van der Waals surface area contributed by atoms with Crippen LogP contribution in [0.3, 0.4) is 0 Å². The van der Waals surface area contributed by atoms with Crippen molar-refractivity contribution in [3.63, 3.8) is 0 Å².